The summed E-state index contributed by atoms with van der Waals surface area (Å²) in [6.45, 7) is 5.11. The van der Waals surface area contributed by atoms with E-state index in [0.717, 1.165) is 24.7 Å². The first-order valence-corrected chi connectivity index (χ1v) is 7.41. The second kappa shape index (κ2) is 5.86. The predicted octanol–water partition coefficient (Wildman–Crippen LogP) is 3.84. The highest BCUT2D eigenvalue weighted by atomic mass is 35.5. The Morgan fingerprint density at radius 3 is 2.70 bits per heavy atom. The summed E-state index contributed by atoms with van der Waals surface area (Å²) in [4.78, 5) is 2.45. The van der Waals surface area contributed by atoms with E-state index in [-0.39, 0.29) is 0 Å². The Morgan fingerprint density at radius 1 is 1.15 bits per heavy atom. The normalized spacial score (nSPS) is 18.5. The lowest BCUT2D eigenvalue weighted by Crippen LogP contribution is -2.35. The number of nitrogens with one attached hydrogen (secondary N) is 1. The molecule has 1 atom stereocenters. The predicted molar refractivity (Wildman–Crippen MR) is 85.2 cm³/mol. The van der Waals surface area contributed by atoms with Crippen LogP contribution >= 0.6 is 11.6 Å². The molecule has 0 bridgehead atoms. The molecule has 1 unspecified atom stereocenters. The third-order valence-corrected chi connectivity index (χ3v) is 4.01. The summed E-state index contributed by atoms with van der Waals surface area (Å²) in [5.74, 6) is 0. The Morgan fingerprint density at radius 2 is 1.90 bits per heavy atom. The number of fused-ring (bicyclic) bond motifs is 1. The van der Waals surface area contributed by atoms with Gasteiger partial charge in [0, 0.05) is 36.4 Å². The second-order valence-corrected chi connectivity index (χ2v) is 5.85. The molecule has 2 aromatic carbocycles. The molecule has 20 heavy (non-hydrogen) atoms. The van der Waals surface area contributed by atoms with Crippen LogP contribution in [0.4, 0.5) is 5.69 Å². The second-order valence-electron chi connectivity index (χ2n) is 5.42. The van der Waals surface area contributed by atoms with Crippen molar-refractivity contribution in [1.29, 1.82) is 0 Å². The smallest absolute Gasteiger partial charge is 0.0430 e. The maximum absolute atomic E-state index is 5.96. The first-order valence-electron chi connectivity index (χ1n) is 7.03. The monoisotopic (exact) mass is 286 g/mol. The molecule has 0 radical (unpaired) electrons. The van der Waals surface area contributed by atoms with Crippen LogP contribution in [0.5, 0.6) is 0 Å². The minimum absolute atomic E-state index is 0.481. The van der Waals surface area contributed by atoms with Crippen LogP contribution in [0.15, 0.2) is 48.5 Å². The first-order chi connectivity index (χ1) is 9.72. The van der Waals surface area contributed by atoms with Crippen LogP contribution in [0.2, 0.25) is 5.02 Å². The Labute approximate surface area is 125 Å². The van der Waals surface area contributed by atoms with Gasteiger partial charge in [-0.05, 0) is 36.2 Å². The van der Waals surface area contributed by atoms with Gasteiger partial charge in [0.2, 0.25) is 0 Å². The zero-order chi connectivity index (χ0) is 13.9. The molecule has 0 saturated heterocycles. The summed E-state index contributed by atoms with van der Waals surface area (Å²) in [7, 11) is 0. The number of hydrogen-bond acceptors (Lipinski definition) is 2. The number of anilines is 1. The van der Waals surface area contributed by atoms with E-state index in [9.17, 15) is 0 Å². The van der Waals surface area contributed by atoms with Crippen molar-refractivity contribution in [2.75, 3.05) is 11.4 Å². The highest BCUT2D eigenvalue weighted by molar-refractivity contribution is 6.30. The third kappa shape index (κ3) is 2.97. The molecule has 2 nitrogen and oxygen atoms in total. The van der Waals surface area contributed by atoms with Gasteiger partial charge < -0.3 is 10.2 Å². The summed E-state index contributed by atoms with van der Waals surface area (Å²) in [5, 5.41) is 4.35. The van der Waals surface area contributed by atoms with Crippen molar-refractivity contribution in [1.82, 2.24) is 5.32 Å². The molecule has 1 N–H and O–H groups in total. The highest BCUT2D eigenvalue weighted by Crippen LogP contribution is 2.25. The lowest BCUT2D eigenvalue weighted by molar-refractivity contribution is 0.552. The van der Waals surface area contributed by atoms with E-state index in [2.05, 4.69) is 53.5 Å². The average molecular weight is 287 g/mol. The summed E-state index contributed by atoms with van der Waals surface area (Å²) in [6, 6.07) is 17.3. The maximum Gasteiger partial charge on any atom is 0.0430 e. The van der Waals surface area contributed by atoms with E-state index >= 15 is 0 Å². The van der Waals surface area contributed by atoms with Gasteiger partial charge in [-0.3, -0.25) is 0 Å². The van der Waals surface area contributed by atoms with Crippen LogP contribution < -0.4 is 10.2 Å². The van der Waals surface area contributed by atoms with Crippen LogP contribution in [0.25, 0.3) is 0 Å². The minimum Gasteiger partial charge on any atom is -0.365 e. The van der Waals surface area contributed by atoms with E-state index in [4.69, 9.17) is 11.6 Å². The molecule has 0 spiro atoms. The number of para-hydroxylation sites is 1. The van der Waals surface area contributed by atoms with E-state index < -0.39 is 0 Å². The lowest BCUT2D eigenvalue weighted by atomic mass is 10.1. The van der Waals surface area contributed by atoms with Crippen molar-refractivity contribution < 1.29 is 0 Å². The zero-order valence-corrected chi connectivity index (χ0v) is 12.4. The van der Waals surface area contributed by atoms with Crippen LogP contribution in [-0.2, 0) is 13.1 Å². The molecule has 2 aromatic rings. The highest BCUT2D eigenvalue weighted by Gasteiger charge is 2.18. The van der Waals surface area contributed by atoms with Crippen LogP contribution in [-0.4, -0.2) is 12.6 Å². The van der Waals surface area contributed by atoms with Crippen LogP contribution in [0, 0.1) is 0 Å². The molecule has 3 heteroatoms. The molecule has 0 amide bonds. The van der Waals surface area contributed by atoms with E-state index in [1.54, 1.807) is 0 Å². The molecule has 104 valence electrons. The van der Waals surface area contributed by atoms with Crippen LogP contribution in [0.1, 0.15) is 18.1 Å². The molecule has 0 saturated carbocycles. The first kappa shape index (κ1) is 13.5. The van der Waals surface area contributed by atoms with Gasteiger partial charge in [0.25, 0.3) is 0 Å². The van der Waals surface area contributed by atoms with Crippen molar-refractivity contribution in [2.45, 2.75) is 26.1 Å². The van der Waals surface area contributed by atoms with Gasteiger partial charge in [-0.2, -0.15) is 0 Å². The number of nitrogens with zero attached hydrogens (tertiary/aromatic N) is 1. The van der Waals surface area contributed by atoms with E-state index in [1.165, 1.54) is 16.8 Å². The quantitative estimate of drug-likeness (QED) is 0.902. The van der Waals surface area contributed by atoms with Gasteiger partial charge in [0.15, 0.2) is 0 Å². The van der Waals surface area contributed by atoms with E-state index in [0.29, 0.717) is 6.04 Å². The number of hydrogen-bond donors (Lipinski definition) is 1. The fraction of sp³-hybridized carbons (Fsp3) is 0.294. The van der Waals surface area contributed by atoms with Gasteiger partial charge in [0.1, 0.15) is 0 Å². The minimum atomic E-state index is 0.481. The Bertz CT molecular complexity index is 580. The largest absolute Gasteiger partial charge is 0.365 e. The summed E-state index contributed by atoms with van der Waals surface area (Å²) in [5.41, 5.74) is 3.99. The fourth-order valence-corrected chi connectivity index (χ4v) is 2.83. The van der Waals surface area contributed by atoms with Gasteiger partial charge in [-0.1, -0.05) is 41.9 Å². The van der Waals surface area contributed by atoms with Gasteiger partial charge in [-0.25, -0.2) is 0 Å². The molecule has 3 rings (SSSR count). The van der Waals surface area contributed by atoms with Crippen molar-refractivity contribution >= 4 is 17.3 Å². The molecule has 0 aliphatic carbocycles. The van der Waals surface area contributed by atoms with Gasteiger partial charge in [-0.15, -0.1) is 0 Å². The number of benzene rings is 2. The van der Waals surface area contributed by atoms with Crippen LogP contribution in [0.3, 0.4) is 0 Å². The van der Waals surface area contributed by atoms with Crippen molar-refractivity contribution in [3.63, 3.8) is 0 Å². The summed E-state index contributed by atoms with van der Waals surface area (Å²) < 4.78 is 0. The average Bonchev–Trinajstić information content (AvgIpc) is 2.62. The maximum atomic E-state index is 5.96. The molecule has 1 heterocycles. The molecule has 1 aliphatic rings. The Balaban J connectivity index is 1.88. The molecule has 0 aromatic heterocycles. The fourth-order valence-electron chi connectivity index (χ4n) is 2.71. The molecule has 0 fully saturated rings. The number of halogens is 1. The molecule has 1 aliphatic heterocycles. The molecular formula is C17H19ClN2. The lowest BCUT2D eigenvalue weighted by Gasteiger charge is -2.26. The summed E-state index contributed by atoms with van der Waals surface area (Å²) in [6.07, 6.45) is 0. The van der Waals surface area contributed by atoms with Gasteiger partial charge in [0.05, 0.1) is 0 Å². The van der Waals surface area contributed by atoms with Gasteiger partial charge >= 0.3 is 0 Å². The van der Waals surface area contributed by atoms with Crippen molar-refractivity contribution in [3.05, 3.63) is 64.7 Å². The van der Waals surface area contributed by atoms with Crippen molar-refractivity contribution in [2.24, 2.45) is 0 Å². The van der Waals surface area contributed by atoms with E-state index in [1.807, 2.05) is 12.1 Å². The third-order valence-electron chi connectivity index (χ3n) is 3.75. The summed E-state index contributed by atoms with van der Waals surface area (Å²) >= 11 is 5.96. The SMILES string of the molecule is CC1CN(Cc2ccc(Cl)cc2)c2ccccc2CN1. The zero-order valence-electron chi connectivity index (χ0n) is 11.6. The van der Waals surface area contributed by atoms with Crippen molar-refractivity contribution in [3.8, 4) is 0 Å². The Kier molecular flexibility index (Phi) is 3.95. The number of rotatable bonds is 2. The Hall–Kier alpha value is -1.51. The topological polar surface area (TPSA) is 15.3 Å². The standard InChI is InChI=1S/C17H19ClN2/c1-13-11-20(12-14-6-8-16(18)9-7-14)17-5-3-2-4-15(17)10-19-13/h2-9,13,19H,10-12H2,1H3. The molecular weight excluding hydrogens is 268 g/mol.